The molecule has 0 radical (unpaired) electrons. The molecule has 0 aliphatic carbocycles. The molecular formula is C25H29NO2. The number of aliphatic hydroxyl groups is 1. The van der Waals surface area contributed by atoms with Crippen LogP contribution in [0.2, 0.25) is 0 Å². The quantitative estimate of drug-likeness (QED) is 0.495. The number of hydrogen-bond acceptors (Lipinski definition) is 3. The maximum absolute atomic E-state index is 10.4. The molecule has 0 aliphatic rings. The van der Waals surface area contributed by atoms with Gasteiger partial charge in [-0.1, -0.05) is 72.8 Å². The lowest BCUT2D eigenvalue weighted by Crippen LogP contribution is -2.33. The van der Waals surface area contributed by atoms with Crippen LogP contribution in [0.4, 0.5) is 0 Å². The first kappa shape index (κ1) is 20.1. The average Bonchev–Trinajstić information content (AvgIpc) is 2.76. The van der Waals surface area contributed by atoms with Crippen LogP contribution in [0.25, 0.3) is 0 Å². The van der Waals surface area contributed by atoms with Crippen LogP contribution in [0.1, 0.15) is 36.1 Å². The fourth-order valence-electron chi connectivity index (χ4n) is 3.20. The highest BCUT2D eigenvalue weighted by Gasteiger charge is 2.14. The lowest BCUT2D eigenvalue weighted by atomic mass is 10.0. The van der Waals surface area contributed by atoms with Crippen molar-refractivity contribution in [3.05, 3.63) is 102 Å². The maximum atomic E-state index is 10.4. The van der Waals surface area contributed by atoms with Gasteiger partial charge in [-0.05, 0) is 55.1 Å². The van der Waals surface area contributed by atoms with Crippen LogP contribution >= 0.6 is 0 Å². The molecule has 0 saturated heterocycles. The van der Waals surface area contributed by atoms with Crippen molar-refractivity contribution in [1.82, 2.24) is 5.32 Å². The molecule has 0 saturated carbocycles. The third-order valence-corrected chi connectivity index (χ3v) is 4.87. The number of aliphatic hydroxyl groups excluding tert-OH is 1. The SMILES string of the molecule is CC(NCCCc1cccc(OCc2ccccc2)c1)C(O)c1ccccc1. The summed E-state index contributed by atoms with van der Waals surface area (Å²) in [5.74, 6) is 0.905. The first-order valence-electron chi connectivity index (χ1n) is 9.94. The lowest BCUT2D eigenvalue weighted by Gasteiger charge is -2.20. The van der Waals surface area contributed by atoms with E-state index < -0.39 is 6.10 Å². The molecule has 0 spiro atoms. The van der Waals surface area contributed by atoms with Crippen molar-refractivity contribution in [3.8, 4) is 5.75 Å². The van der Waals surface area contributed by atoms with Crippen molar-refractivity contribution in [1.29, 1.82) is 0 Å². The Bertz CT molecular complexity index is 820. The van der Waals surface area contributed by atoms with Gasteiger partial charge in [-0.15, -0.1) is 0 Å². The van der Waals surface area contributed by atoms with Gasteiger partial charge in [0.1, 0.15) is 12.4 Å². The van der Waals surface area contributed by atoms with E-state index in [1.165, 1.54) is 11.1 Å². The molecule has 3 heteroatoms. The Balaban J connectivity index is 1.41. The van der Waals surface area contributed by atoms with Crippen molar-refractivity contribution < 1.29 is 9.84 Å². The van der Waals surface area contributed by atoms with Gasteiger partial charge in [0.2, 0.25) is 0 Å². The molecule has 3 nitrogen and oxygen atoms in total. The molecule has 3 rings (SSSR count). The molecule has 0 heterocycles. The van der Waals surface area contributed by atoms with Crippen LogP contribution in [-0.4, -0.2) is 17.7 Å². The second-order valence-corrected chi connectivity index (χ2v) is 7.12. The summed E-state index contributed by atoms with van der Waals surface area (Å²) in [4.78, 5) is 0. The fourth-order valence-corrected chi connectivity index (χ4v) is 3.20. The Kier molecular flexibility index (Phi) is 7.65. The van der Waals surface area contributed by atoms with Crippen molar-refractivity contribution >= 4 is 0 Å². The van der Waals surface area contributed by atoms with E-state index in [9.17, 15) is 5.11 Å². The van der Waals surface area contributed by atoms with Gasteiger partial charge in [0.05, 0.1) is 6.10 Å². The van der Waals surface area contributed by atoms with Gasteiger partial charge in [0.25, 0.3) is 0 Å². The molecule has 2 N–H and O–H groups in total. The molecule has 28 heavy (non-hydrogen) atoms. The monoisotopic (exact) mass is 375 g/mol. The first-order valence-corrected chi connectivity index (χ1v) is 9.94. The molecular weight excluding hydrogens is 346 g/mol. The largest absolute Gasteiger partial charge is 0.489 e. The highest BCUT2D eigenvalue weighted by molar-refractivity contribution is 5.29. The van der Waals surface area contributed by atoms with Gasteiger partial charge in [-0.2, -0.15) is 0 Å². The van der Waals surface area contributed by atoms with Crippen molar-refractivity contribution in [2.24, 2.45) is 0 Å². The normalized spacial score (nSPS) is 13.1. The van der Waals surface area contributed by atoms with Gasteiger partial charge in [-0.25, -0.2) is 0 Å². The van der Waals surface area contributed by atoms with E-state index in [-0.39, 0.29) is 6.04 Å². The molecule has 0 aromatic heterocycles. The van der Waals surface area contributed by atoms with Gasteiger partial charge >= 0.3 is 0 Å². The second kappa shape index (κ2) is 10.6. The molecule has 3 aromatic carbocycles. The van der Waals surface area contributed by atoms with Crippen molar-refractivity contribution in [2.45, 2.75) is 38.5 Å². The summed E-state index contributed by atoms with van der Waals surface area (Å²) in [6.07, 6.45) is 1.49. The molecule has 0 fully saturated rings. The zero-order valence-electron chi connectivity index (χ0n) is 16.4. The summed E-state index contributed by atoms with van der Waals surface area (Å²) in [5.41, 5.74) is 3.39. The summed E-state index contributed by atoms with van der Waals surface area (Å²) >= 11 is 0. The molecule has 2 atom stereocenters. The lowest BCUT2D eigenvalue weighted by molar-refractivity contribution is 0.136. The highest BCUT2D eigenvalue weighted by atomic mass is 16.5. The van der Waals surface area contributed by atoms with Gasteiger partial charge in [0.15, 0.2) is 0 Å². The summed E-state index contributed by atoms with van der Waals surface area (Å²) < 4.78 is 5.91. The van der Waals surface area contributed by atoms with E-state index in [1.807, 2.05) is 67.6 Å². The number of rotatable bonds is 10. The first-order chi connectivity index (χ1) is 13.7. The Morgan fingerprint density at radius 3 is 2.29 bits per heavy atom. The molecule has 2 unspecified atom stereocenters. The van der Waals surface area contributed by atoms with Gasteiger partial charge < -0.3 is 15.2 Å². The standard InChI is InChI=1S/C25H29NO2/c1-20(25(27)23-14-6-3-7-15-23)26-17-9-13-21-12-8-16-24(18-21)28-19-22-10-4-2-5-11-22/h2-8,10-12,14-16,18,20,25-27H,9,13,17,19H2,1H3. The van der Waals surface area contributed by atoms with E-state index in [4.69, 9.17) is 4.74 Å². The summed E-state index contributed by atoms with van der Waals surface area (Å²) in [5, 5.41) is 13.8. The molecule has 3 aromatic rings. The van der Waals surface area contributed by atoms with Crippen LogP contribution in [0.5, 0.6) is 5.75 Å². The Hall–Kier alpha value is -2.62. The number of hydrogen-bond donors (Lipinski definition) is 2. The fraction of sp³-hybridized carbons (Fsp3) is 0.280. The topological polar surface area (TPSA) is 41.5 Å². The van der Waals surface area contributed by atoms with Crippen LogP contribution in [0.3, 0.4) is 0 Å². The summed E-state index contributed by atoms with van der Waals surface area (Å²) in [7, 11) is 0. The number of aryl methyl sites for hydroxylation is 1. The smallest absolute Gasteiger partial charge is 0.120 e. The van der Waals surface area contributed by atoms with Crippen LogP contribution in [0.15, 0.2) is 84.9 Å². The van der Waals surface area contributed by atoms with Gasteiger partial charge in [-0.3, -0.25) is 0 Å². The molecule has 0 aliphatic heterocycles. The van der Waals surface area contributed by atoms with Gasteiger partial charge in [0, 0.05) is 6.04 Å². The zero-order chi connectivity index (χ0) is 19.6. The molecule has 0 bridgehead atoms. The van der Waals surface area contributed by atoms with Crippen molar-refractivity contribution in [2.75, 3.05) is 6.54 Å². The van der Waals surface area contributed by atoms with Crippen molar-refractivity contribution in [3.63, 3.8) is 0 Å². The highest BCUT2D eigenvalue weighted by Crippen LogP contribution is 2.18. The summed E-state index contributed by atoms with van der Waals surface area (Å²) in [6, 6.07) is 28.3. The van der Waals surface area contributed by atoms with E-state index >= 15 is 0 Å². The predicted octanol–water partition coefficient (Wildman–Crippen LogP) is 4.91. The molecule has 0 amide bonds. The number of benzene rings is 3. The minimum absolute atomic E-state index is 0.0166. The van der Waals surface area contributed by atoms with E-state index in [2.05, 4.69) is 29.6 Å². The predicted molar refractivity (Wildman–Crippen MR) is 114 cm³/mol. The third kappa shape index (κ3) is 6.22. The van der Waals surface area contributed by atoms with Crippen LogP contribution in [0, 0.1) is 0 Å². The number of nitrogens with one attached hydrogen (secondary N) is 1. The zero-order valence-corrected chi connectivity index (χ0v) is 16.4. The van der Waals surface area contributed by atoms with Crippen LogP contribution in [-0.2, 0) is 13.0 Å². The summed E-state index contributed by atoms with van der Waals surface area (Å²) in [6.45, 7) is 3.47. The Morgan fingerprint density at radius 1 is 0.857 bits per heavy atom. The maximum Gasteiger partial charge on any atom is 0.120 e. The average molecular weight is 376 g/mol. The minimum atomic E-state index is -0.490. The van der Waals surface area contributed by atoms with E-state index in [0.717, 1.165) is 30.7 Å². The van der Waals surface area contributed by atoms with E-state index in [1.54, 1.807) is 0 Å². The molecule has 146 valence electrons. The second-order valence-electron chi connectivity index (χ2n) is 7.12. The minimum Gasteiger partial charge on any atom is -0.489 e. The third-order valence-electron chi connectivity index (χ3n) is 4.87. The Morgan fingerprint density at radius 2 is 1.54 bits per heavy atom. The number of ether oxygens (including phenoxy) is 1. The van der Waals surface area contributed by atoms with Crippen LogP contribution < -0.4 is 10.1 Å². The van der Waals surface area contributed by atoms with E-state index in [0.29, 0.717) is 6.61 Å². The Labute approximate surface area is 168 Å².